The summed E-state index contributed by atoms with van der Waals surface area (Å²) < 4.78 is 44.0. The van der Waals surface area contributed by atoms with Crippen molar-refractivity contribution in [1.82, 2.24) is 4.98 Å². The highest BCUT2D eigenvalue weighted by Gasteiger charge is 2.35. The Balaban J connectivity index is 3.35. The molecule has 0 bridgehead atoms. The predicted octanol–water partition coefficient (Wildman–Crippen LogP) is 1.71. The molecule has 0 aliphatic heterocycles. The van der Waals surface area contributed by atoms with Crippen molar-refractivity contribution in [2.45, 2.75) is 6.36 Å². The van der Waals surface area contributed by atoms with Crippen LogP contribution in [0.4, 0.5) is 19.0 Å². The largest absolute Gasteiger partial charge is 0.573 e. The number of rotatable bonds is 4. The van der Waals surface area contributed by atoms with Crippen LogP contribution in [0.15, 0.2) is 6.07 Å². The van der Waals surface area contributed by atoms with E-state index in [1.54, 1.807) is 0 Å². The summed E-state index contributed by atoms with van der Waals surface area (Å²) in [6.45, 7) is 0. The zero-order valence-electron chi connectivity index (χ0n) is 8.72. The average Bonchev–Trinajstić information content (AvgIpc) is 2.25. The first-order valence-corrected chi connectivity index (χ1v) is 4.23. The lowest BCUT2D eigenvalue weighted by molar-refractivity contribution is -0.390. The Hall–Kier alpha value is -2.39. The first kappa shape index (κ1) is 13.7. The maximum Gasteiger partial charge on any atom is 0.573 e. The molecule has 0 aliphatic carbocycles. The van der Waals surface area contributed by atoms with Gasteiger partial charge in [0, 0.05) is 6.07 Å². The topological polar surface area (TPSA) is 91.6 Å². The van der Waals surface area contributed by atoms with Crippen molar-refractivity contribution >= 4 is 12.1 Å². The molecule has 0 N–H and O–H groups in total. The van der Waals surface area contributed by atoms with Gasteiger partial charge in [-0.2, -0.15) is 0 Å². The van der Waals surface area contributed by atoms with Crippen molar-refractivity contribution in [2.24, 2.45) is 0 Å². The fourth-order valence-electron chi connectivity index (χ4n) is 1.05. The second-order valence-electron chi connectivity index (χ2n) is 2.82. The van der Waals surface area contributed by atoms with Crippen molar-refractivity contribution < 1.29 is 32.4 Å². The number of hydrogen-bond donors (Lipinski definition) is 0. The number of nitro groups is 1. The van der Waals surface area contributed by atoms with E-state index < -0.39 is 34.3 Å². The molecule has 0 radical (unpaired) electrons. The highest BCUT2D eigenvalue weighted by Crippen LogP contribution is 2.33. The summed E-state index contributed by atoms with van der Waals surface area (Å²) in [5.41, 5.74) is -0.847. The molecule has 0 atom stereocenters. The number of carbonyl (C=O) groups excluding carboxylic acids is 1. The van der Waals surface area contributed by atoms with Crippen LogP contribution < -0.4 is 9.47 Å². The third-order valence-corrected chi connectivity index (χ3v) is 1.69. The fraction of sp³-hybridized carbons (Fsp3) is 0.250. The van der Waals surface area contributed by atoms with E-state index in [2.05, 4.69) is 14.5 Å². The molecule has 1 aromatic heterocycles. The molecule has 1 heterocycles. The van der Waals surface area contributed by atoms with Gasteiger partial charge < -0.3 is 19.6 Å². The molecule has 0 saturated carbocycles. The second kappa shape index (κ2) is 4.85. The molecule has 0 aliphatic rings. The lowest BCUT2D eigenvalue weighted by Gasteiger charge is -2.09. The number of aromatic nitrogens is 1. The summed E-state index contributed by atoms with van der Waals surface area (Å²) in [6.07, 6.45) is -5.14. The van der Waals surface area contributed by atoms with Gasteiger partial charge in [-0.25, -0.2) is 0 Å². The van der Waals surface area contributed by atoms with Gasteiger partial charge >= 0.3 is 12.2 Å². The standard InChI is InChI=1S/C8H5F3N2O5/c1-17-6-2-5(18-8(9,10)11)4(3-14)12-7(6)13(15)16/h2-3H,1H3. The lowest BCUT2D eigenvalue weighted by Crippen LogP contribution is -2.18. The monoisotopic (exact) mass is 266 g/mol. The summed E-state index contributed by atoms with van der Waals surface area (Å²) in [7, 11) is 1.00. The SMILES string of the molecule is COc1cc(OC(F)(F)F)c(C=O)nc1[N+](=O)[O-]. The minimum atomic E-state index is -5.05. The van der Waals surface area contributed by atoms with Gasteiger partial charge in [-0.05, 0) is 9.91 Å². The van der Waals surface area contributed by atoms with Gasteiger partial charge in [-0.1, -0.05) is 0 Å². The third-order valence-electron chi connectivity index (χ3n) is 1.69. The minimum absolute atomic E-state index is 0.0898. The van der Waals surface area contributed by atoms with Gasteiger partial charge in [-0.3, -0.25) is 4.79 Å². The summed E-state index contributed by atoms with van der Waals surface area (Å²) in [5.74, 6) is -2.40. The maximum atomic E-state index is 12.0. The summed E-state index contributed by atoms with van der Waals surface area (Å²) in [5, 5.41) is 10.5. The lowest BCUT2D eigenvalue weighted by atomic mass is 10.3. The van der Waals surface area contributed by atoms with E-state index in [1.165, 1.54) is 0 Å². The molecule has 0 unspecified atom stereocenters. The molecule has 1 rings (SSSR count). The van der Waals surface area contributed by atoms with Crippen LogP contribution in [-0.4, -0.2) is 29.7 Å². The van der Waals surface area contributed by atoms with E-state index in [1.807, 2.05) is 0 Å². The average molecular weight is 266 g/mol. The Morgan fingerprint density at radius 3 is 2.44 bits per heavy atom. The van der Waals surface area contributed by atoms with Gasteiger partial charge in [0.25, 0.3) is 5.69 Å². The number of ether oxygens (including phenoxy) is 2. The molecule has 0 spiro atoms. The molecule has 0 fully saturated rings. The van der Waals surface area contributed by atoms with Gasteiger partial charge in [0.15, 0.2) is 12.0 Å². The van der Waals surface area contributed by atoms with Gasteiger partial charge in [0.1, 0.15) is 0 Å². The number of halogens is 3. The van der Waals surface area contributed by atoms with Crippen molar-refractivity contribution in [3.63, 3.8) is 0 Å². The van der Waals surface area contributed by atoms with Gasteiger partial charge in [0.2, 0.25) is 5.75 Å². The molecule has 0 saturated heterocycles. The Labute approximate surface area is 97.3 Å². The molecule has 0 aromatic carbocycles. The van der Waals surface area contributed by atoms with E-state index >= 15 is 0 Å². The van der Waals surface area contributed by atoms with Crippen LogP contribution in [0.2, 0.25) is 0 Å². The number of alkyl halides is 3. The minimum Gasteiger partial charge on any atom is -0.489 e. The van der Waals surface area contributed by atoms with Crippen molar-refractivity contribution in [3.8, 4) is 11.5 Å². The van der Waals surface area contributed by atoms with Crippen LogP contribution in [0.3, 0.4) is 0 Å². The van der Waals surface area contributed by atoms with Crippen LogP contribution in [0.25, 0.3) is 0 Å². The van der Waals surface area contributed by atoms with E-state index in [0.717, 1.165) is 7.11 Å². The number of methoxy groups -OCH3 is 1. The summed E-state index contributed by atoms with van der Waals surface area (Å²) in [4.78, 5) is 23.2. The van der Waals surface area contributed by atoms with Gasteiger partial charge in [0.05, 0.1) is 7.11 Å². The van der Waals surface area contributed by atoms with Crippen LogP contribution >= 0.6 is 0 Å². The number of hydrogen-bond acceptors (Lipinski definition) is 6. The van der Waals surface area contributed by atoms with E-state index in [-0.39, 0.29) is 6.29 Å². The number of pyridine rings is 1. The Bertz CT molecular complexity index is 488. The highest BCUT2D eigenvalue weighted by atomic mass is 19.4. The number of nitrogens with zero attached hydrogens (tertiary/aromatic N) is 2. The molecule has 18 heavy (non-hydrogen) atoms. The predicted molar refractivity (Wildman–Crippen MR) is 49.5 cm³/mol. The fourth-order valence-corrected chi connectivity index (χ4v) is 1.05. The van der Waals surface area contributed by atoms with Crippen molar-refractivity contribution in [3.05, 3.63) is 21.9 Å². The zero-order valence-corrected chi connectivity index (χ0v) is 8.72. The summed E-state index contributed by atoms with van der Waals surface area (Å²) in [6, 6.07) is 0.572. The van der Waals surface area contributed by atoms with Gasteiger partial charge in [-0.15, -0.1) is 13.2 Å². The van der Waals surface area contributed by atoms with Crippen LogP contribution in [-0.2, 0) is 0 Å². The Morgan fingerprint density at radius 1 is 1.44 bits per heavy atom. The molecule has 10 heteroatoms. The normalized spacial score (nSPS) is 10.9. The zero-order chi connectivity index (χ0) is 13.9. The molecule has 7 nitrogen and oxygen atoms in total. The van der Waals surface area contributed by atoms with Crippen LogP contribution in [0.5, 0.6) is 11.5 Å². The number of carbonyl (C=O) groups is 1. The molecule has 1 aromatic rings. The Kier molecular flexibility index (Phi) is 3.69. The maximum absolute atomic E-state index is 12.0. The summed E-state index contributed by atoms with van der Waals surface area (Å²) >= 11 is 0. The molecule has 0 amide bonds. The third kappa shape index (κ3) is 3.06. The smallest absolute Gasteiger partial charge is 0.489 e. The van der Waals surface area contributed by atoms with E-state index in [4.69, 9.17) is 0 Å². The Morgan fingerprint density at radius 2 is 2.06 bits per heavy atom. The number of aldehydes is 1. The first-order chi connectivity index (χ1) is 8.28. The van der Waals surface area contributed by atoms with E-state index in [9.17, 15) is 28.1 Å². The van der Waals surface area contributed by atoms with Crippen LogP contribution in [0.1, 0.15) is 10.5 Å². The van der Waals surface area contributed by atoms with Crippen molar-refractivity contribution in [1.29, 1.82) is 0 Å². The van der Waals surface area contributed by atoms with E-state index in [0.29, 0.717) is 6.07 Å². The highest BCUT2D eigenvalue weighted by molar-refractivity contribution is 5.77. The van der Waals surface area contributed by atoms with Crippen molar-refractivity contribution in [2.75, 3.05) is 7.11 Å². The van der Waals surface area contributed by atoms with Crippen LogP contribution in [0, 0.1) is 10.1 Å². The molecular formula is C8H5F3N2O5. The second-order valence-corrected chi connectivity index (χ2v) is 2.82. The first-order valence-electron chi connectivity index (χ1n) is 4.23. The molecule has 98 valence electrons. The quantitative estimate of drug-likeness (QED) is 0.468. The molecular weight excluding hydrogens is 261 g/mol.